The van der Waals surface area contributed by atoms with Crippen molar-refractivity contribution in [1.29, 1.82) is 0 Å². The molecule has 3 N–H and O–H groups in total. The first-order chi connectivity index (χ1) is 15.9. The van der Waals surface area contributed by atoms with Gasteiger partial charge >= 0.3 is 12.1 Å². The van der Waals surface area contributed by atoms with Gasteiger partial charge in [-0.05, 0) is 41.5 Å². The van der Waals surface area contributed by atoms with E-state index >= 15 is 0 Å². The van der Waals surface area contributed by atoms with Crippen molar-refractivity contribution < 1.29 is 24.2 Å². The maximum Gasteiger partial charge on any atom is 0.407 e. The molecule has 0 radical (unpaired) electrons. The molecule has 2 amide bonds. The topological polar surface area (TPSA) is 105 Å². The van der Waals surface area contributed by atoms with E-state index in [4.69, 9.17) is 9.84 Å². The van der Waals surface area contributed by atoms with Crippen molar-refractivity contribution in [2.45, 2.75) is 39.0 Å². The van der Waals surface area contributed by atoms with Crippen LogP contribution in [0.4, 0.5) is 4.79 Å². The zero-order valence-electron chi connectivity index (χ0n) is 19.2. The number of alkyl carbamates (subject to hydrolysis) is 1. The lowest BCUT2D eigenvalue weighted by Gasteiger charge is -2.15. The molecule has 0 aromatic heterocycles. The zero-order valence-corrected chi connectivity index (χ0v) is 19.2. The summed E-state index contributed by atoms with van der Waals surface area (Å²) in [6.07, 6.45) is 1.13. The Morgan fingerprint density at radius 1 is 0.879 bits per heavy atom. The van der Waals surface area contributed by atoms with Crippen LogP contribution in [0.5, 0.6) is 0 Å². The standard InChI is InChI=1S/C26H32N2O5/c1-17(24(29)27-14-7-8-18(2)25(30)31)13-15-28-26(32)33-16-23-21-11-5-3-9-19(21)20-10-4-6-12-22(20)23/h3-6,9-12,17-18,23H,7-8,13-16H2,1-2H3,(H,27,29)(H,28,32)(H,30,31). The molecule has 0 heterocycles. The Kier molecular flexibility index (Phi) is 8.46. The first kappa shape index (κ1) is 24.3. The number of carbonyl (C=O) groups excluding carboxylic acids is 2. The second-order valence-electron chi connectivity index (χ2n) is 8.61. The second kappa shape index (κ2) is 11.5. The van der Waals surface area contributed by atoms with Gasteiger partial charge in [-0.1, -0.05) is 62.4 Å². The van der Waals surface area contributed by atoms with Gasteiger partial charge in [-0.3, -0.25) is 9.59 Å². The molecule has 3 rings (SSSR count). The summed E-state index contributed by atoms with van der Waals surface area (Å²) in [5, 5.41) is 14.4. The lowest BCUT2D eigenvalue weighted by molar-refractivity contribution is -0.141. The van der Waals surface area contributed by atoms with Crippen molar-refractivity contribution in [2.75, 3.05) is 19.7 Å². The van der Waals surface area contributed by atoms with E-state index < -0.39 is 18.0 Å². The third-order valence-corrected chi connectivity index (χ3v) is 6.17. The number of aliphatic carboxylic acids is 1. The second-order valence-corrected chi connectivity index (χ2v) is 8.61. The molecule has 0 aliphatic heterocycles. The number of carboxylic acids is 1. The molecular weight excluding hydrogens is 420 g/mol. The van der Waals surface area contributed by atoms with Crippen molar-refractivity contribution >= 4 is 18.0 Å². The van der Waals surface area contributed by atoms with Crippen LogP contribution in [0.2, 0.25) is 0 Å². The molecule has 1 aliphatic carbocycles. The van der Waals surface area contributed by atoms with Crippen molar-refractivity contribution in [1.82, 2.24) is 10.6 Å². The minimum absolute atomic E-state index is 0.0108. The number of hydrogen-bond acceptors (Lipinski definition) is 4. The molecule has 0 spiro atoms. The number of ether oxygens (including phenoxy) is 1. The fraction of sp³-hybridized carbons (Fsp3) is 0.423. The summed E-state index contributed by atoms with van der Waals surface area (Å²) in [7, 11) is 0. The highest BCUT2D eigenvalue weighted by Gasteiger charge is 2.29. The van der Waals surface area contributed by atoms with Crippen LogP contribution < -0.4 is 10.6 Å². The van der Waals surface area contributed by atoms with Gasteiger partial charge in [0.25, 0.3) is 0 Å². The highest BCUT2D eigenvalue weighted by Crippen LogP contribution is 2.44. The Morgan fingerprint density at radius 2 is 1.48 bits per heavy atom. The van der Waals surface area contributed by atoms with Gasteiger partial charge in [0, 0.05) is 24.9 Å². The molecule has 0 saturated carbocycles. The molecule has 0 fully saturated rings. The number of fused-ring (bicyclic) bond motifs is 3. The Bertz CT molecular complexity index is 945. The average Bonchev–Trinajstić information content (AvgIpc) is 3.13. The molecule has 176 valence electrons. The van der Waals surface area contributed by atoms with Crippen molar-refractivity contribution in [3.63, 3.8) is 0 Å². The van der Waals surface area contributed by atoms with Crippen molar-refractivity contribution in [2.24, 2.45) is 11.8 Å². The minimum atomic E-state index is -0.825. The van der Waals surface area contributed by atoms with Crippen LogP contribution in [0.15, 0.2) is 48.5 Å². The van der Waals surface area contributed by atoms with Gasteiger partial charge < -0.3 is 20.5 Å². The van der Waals surface area contributed by atoms with Gasteiger partial charge in [-0.15, -0.1) is 0 Å². The van der Waals surface area contributed by atoms with Gasteiger partial charge in [-0.25, -0.2) is 4.79 Å². The van der Waals surface area contributed by atoms with E-state index in [-0.39, 0.29) is 24.3 Å². The van der Waals surface area contributed by atoms with Gasteiger partial charge in [0.2, 0.25) is 5.91 Å². The highest BCUT2D eigenvalue weighted by molar-refractivity contribution is 5.79. The lowest BCUT2D eigenvalue weighted by Crippen LogP contribution is -2.33. The molecule has 7 nitrogen and oxygen atoms in total. The van der Waals surface area contributed by atoms with E-state index in [1.165, 1.54) is 11.1 Å². The number of benzene rings is 2. The zero-order chi connectivity index (χ0) is 23.8. The fourth-order valence-corrected chi connectivity index (χ4v) is 4.09. The minimum Gasteiger partial charge on any atom is -0.481 e. The summed E-state index contributed by atoms with van der Waals surface area (Å²) in [5.41, 5.74) is 4.68. The Balaban J connectivity index is 1.37. The van der Waals surface area contributed by atoms with E-state index in [0.717, 1.165) is 11.1 Å². The molecule has 7 heteroatoms. The molecular formula is C26H32N2O5. The summed E-state index contributed by atoms with van der Waals surface area (Å²) in [5.74, 6) is -1.60. The number of rotatable bonds is 11. The Morgan fingerprint density at radius 3 is 2.09 bits per heavy atom. The van der Waals surface area contributed by atoms with E-state index in [0.29, 0.717) is 32.4 Å². The quantitative estimate of drug-likeness (QED) is 0.444. The van der Waals surface area contributed by atoms with Crippen molar-refractivity contribution in [3.8, 4) is 11.1 Å². The van der Waals surface area contributed by atoms with Crippen LogP contribution in [-0.4, -0.2) is 42.8 Å². The SMILES string of the molecule is CC(CCCNC(=O)C(C)CCNC(=O)OCC1c2ccccc2-c2ccccc21)C(=O)O. The number of carboxylic acid groups (broad SMARTS) is 1. The summed E-state index contributed by atoms with van der Waals surface area (Å²) < 4.78 is 5.50. The maximum absolute atomic E-state index is 12.2. The monoisotopic (exact) mass is 452 g/mol. The number of amides is 2. The third-order valence-electron chi connectivity index (χ3n) is 6.17. The molecule has 2 aromatic carbocycles. The van der Waals surface area contributed by atoms with Crippen LogP contribution in [0.25, 0.3) is 11.1 Å². The predicted molar refractivity (Wildman–Crippen MR) is 126 cm³/mol. The third kappa shape index (κ3) is 6.34. The first-order valence-corrected chi connectivity index (χ1v) is 11.5. The number of carbonyl (C=O) groups is 3. The van der Waals surface area contributed by atoms with Crippen LogP contribution >= 0.6 is 0 Å². The normalized spacial score (nSPS) is 14.0. The van der Waals surface area contributed by atoms with Gasteiger partial charge in [-0.2, -0.15) is 0 Å². The van der Waals surface area contributed by atoms with E-state index in [2.05, 4.69) is 34.9 Å². The molecule has 2 unspecified atom stereocenters. The number of hydrogen-bond donors (Lipinski definition) is 3. The van der Waals surface area contributed by atoms with Crippen LogP contribution in [-0.2, 0) is 14.3 Å². The van der Waals surface area contributed by atoms with Gasteiger partial charge in [0.15, 0.2) is 0 Å². The highest BCUT2D eigenvalue weighted by atomic mass is 16.5. The van der Waals surface area contributed by atoms with Crippen molar-refractivity contribution in [3.05, 3.63) is 59.7 Å². The summed E-state index contributed by atoms with van der Waals surface area (Å²) >= 11 is 0. The molecule has 1 aliphatic rings. The van der Waals surface area contributed by atoms with Gasteiger partial charge in [0.05, 0.1) is 5.92 Å². The average molecular weight is 453 g/mol. The molecule has 33 heavy (non-hydrogen) atoms. The van der Waals surface area contributed by atoms with Crippen LogP contribution in [0, 0.1) is 11.8 Å². The summed E-state index contributed by atoms with van der Waals surface area (Å²) in [6.45, 7) is 4.49. The molecule has 0 saturated heterocycles. The van der Waals surface area contributed by atoms with E-state index in [9.17, 15) is 14.4 Å². The largest absolute Gasteiger partial charge is 0.481 e. The van der Waals surface area contributed by atoms with Crippen LogP contribution in [0.1, 0.15) is 50.2 Å². The van der Waals surface area contributed by atoms with E-state index in [1.807, 2.05) is 24.3 Å². The summed E-state index contributed by atoms with van der Waals surface area (Å²) in [6, 6.07) is 16.3. The molecule has 2 aromatic rings. The molecule has 2 atom stereocenters. The number of nitrogens with one attached hydrogen (secondary N) is 2. The maximum atomic E-state index is 12.2. The fourth-order valence-electron chi connectivity index (χ4n) is 4.09. The predicted octanol–water partition coefficient (Wildman–Crippen LogP) is 4.17. The first-order valence-electron chi connectivity index (χ1n) is 11.5. The van der Waals surface area contributed by atoms with E-state index in [1.54, 1.807) is 13.8 Å². The Hall–Kier alpha value is -3.35. The summed E-state index contributed by atoms with van der Waals surface area (Å²) in [4.78, 5) is 35.2. The molecule has 0 bridgehead atoms. The lowest BCUT2D eigenvalue weighted by atomic mass is 9.98. The van der Waals surface area contributed by atoms with Crippen LogP contribution in [0.3, 0.4) is 0 Å². The van der Waals surface area contributed by atoms with Gasteiger partial charge in [0.1, 0.15) is 6.61 Å². The Labute approximate surface area is 194 Å². The smallest absolute Gasteiger partial charge is 0.407 e.